The third-order valence-corrected chi connectivity index (χ3v) is 3.20. The third-order valence-electron chi connectivity index (χ3n) is 3.20. The first-order valence-electron chi connectivity index (χ1n) is 6.44. The van der Waals surface area contributed by atoms with Gasteiger partial charge in [-0.2, -0.15) is 0 Å². The Hall–Kier alpha value is -1.83. The van der Waals surface area contributed by atoms with Gasteiger partial charge in [-0.15, -0.1) is 0 Å². The lowest BCUT2D eigenvalue weighted by atomic mass is 9.95. The van der Waals surface area contributed by atoms with Gasteiger partial charge < -0.3 is 25.5 Å². The highest BCUT2D eigenvalue weighted by Gasteiger charge is 2.32. The summed E-state index contributed by atoms with van der Waals surface area (Å²) in [7, 11) is 0. The maximum atomic E-state index is 11.9. The van der Waals surface area contributed by atoms with E-state index < -0.39 is 29.6 Å². The number of urea groups is 1. The summed E-state index contributed by atoms with van der Waals surface area (Å²) in [6, 6.07) is -1.84. The standard InChI is InChI=1S/C12H20N2O6/c1-12(20)5-2-6-14(7-12)11(19)13-8(10(17)18)3-4-9(15)16/h8,20H,2-7H2,1H3,(H,13,19)(H,15,16)(H,17,18). The molecule has 1 aliphatic rings. The number of amides is 2. The molecule has 0 radical (unpaired) electrons. The molecule has 0 bridgehead atoms. The Morgan fingerprint density at radius 3 is 2.50 bits per heavy atom. The van der Waals surface area contributed by atoms with Gasteiger partial charge in [0, 0.05) is 13.0 Å². The predicted octanol–water partition coefficient (Wildman–Crippen LogP) is -0.139. The summed E-state index contributed by atoms with van der Waals surface area (Å²) in [5, 5.41) is 29.7. The van der Waals surface area contributed by atoms with E-state index in [0.717, 1.165) is 0 Å². The zero-order valence-electron chi connectivity index (χ0n) is 11.3. The molecule has 2 atom stereocenters. The average Bonchev–Trinajstić information content (AvgIpc) is 2.32. The van der Waals surface area contributed by atoms with Crippen molar-refractivity contribution in [1.29, 1.82) is 0 Å². The van der Waals surface area contributed by atoms with Gasteiger partial charge in [0.25, 0.3) is 0 Å². The van der Waals surface area contributed by atoms with E-state index in [-0.39, 0.29) is 19.4 Å². The second-order valence-electron chi connectivity index (χ2n) is 5.29. The summed E-state index contributed by atoms with van der Waals surface area (Å²) in [6.45, 7) is 2.18. The van der Waals surface area contributed by atoms with Crippen molar-refractivity contribution in [3.05, 3.63) is 0 Å². The number of nitrogens with zero attached hydrogens (tertiary/aromatic N) is 1. The van der Waals surface area contributed by atoms with E-state index >= 15 is 0 Å². The van der Waals surface area contributed by atoms with Crippen LogP contribution in [0.1, 0.15) is 32.6 Å². The van der Waals surface area contributed by atoms with Gasteiger partial charge in [0.2, 0.25) is 0 Å². The van der Waals surface area contributed by atoms with Crippen molar-refractivity contribution in [2.45, 2.75) is 44.2 Å². The lowest BCUT2D eigenvalue weighted by Gasteiger charge is -2.37. The van der Waals surface area contributed by atoms with E-state index in [1.807, 2.05) is 0 Å². The number of carboxylic acid groups (broad SMARTS) is 2. The highest BCUT2D eigenvalue weighted by Crippen LogP contribution is 2.20. The van der Waals surface area contributed by atoms with Crippen molar-refractivity contribution >= 4 is 18.0 Å². The molecule has 2 amide bonds. The van der Waals surface area contributed by atoms with Crippen molar-refractivity contribution in [2.24, 2.45) is 0 Å². The molecule has 1 rings (SSSR count). The Morgan fingerprint density at radius 2 is 2.00 bits per heavy atom. The number of aliphatic hydroxyl groups is 1. The van der Waals surface area contributed by atoms with E-state index in [2.05, 4.69) is 5.32 Å². The second-order valence-corrected chi connectivity index (χ2v) is 5.29. The molecule has 4 N–H and O–H groups in total. The molecule has 0 saturated carbocycles. The fourth-order valence-corrected chi connectivity index (χ4v) is 2.16. The molecule has 1 saturated heterocycles. The van der Waals surface area contributed by atoms with Crippen LogP contribution in [-0.2, 0) is 9.59 Å². The molecule has 20 heavy (non-hydrogen) atoms. The molecular weight excluding hydrogens is 268 g/mol. The molecule has 0 aliphatic carbocycles. The first-order valence-corrected chi connectivity index (χ1v) is 6.44. The molecule has 0 aromatic rings. The number of likely N-dealkylation sites (tertiary alicyclic amines) is 1. The van der Waals surface area contributed by atoms with E-state index in [4.69, 9.17) is 10.2 Å². The summed E-state index contributed by atoms with van der Waals surface area (Å²) in [5.41, 5.74) is -0.977. The zero-order valence-corrected chi connectivity index (χ0v) is 11.3. The minimum absolute atomic E-state index is 0.129. The summed E-state index contributed by atoms with van der Waals surface area (Å²) in [4.78, 5) is 34.7. The molecule has 0 aromatic carbocycles. The normalized spacial score (nSPS) is 24.0. The first-order chi connectivity index (χ1) is 9.21. The highest BCUT2D eigenvalue weighted by molar-refractivity contribution is 5.83. The van der Waals surface area contributed by atoms with Crippen LogP contribution in [0.4, 0.5) is 4.79 Å². The Bertz CT molecular complexity index is 395. The van der Waals surface area contributed by atoms with Crippen LogP contribution in [0.3, 0.4) is 0 Å². The van der Waals surface area contributed by atoms with Crippen LogP contribution in [0.15, 0.2) is 0 Å². The summed E-state index contributed by atoms with van der Waals surface area (Å²) in [6.07, 6.45) is 0.695. The predicted molar refractivity (Wildman–Crippen MR) is 68.3 cm³/mol. The van der Waals surface area contributed by atoms with Gasteiger partial charge in [-0.05, 0) is 26.2 Å². The number of hydrogen-bond donors (Lipinski definition) is 4. The van der Waals surface area contributed by atoms with Gasteiger partial charge in [-0.3, -0.25) is 4.79 Å². The van der Waals surface area contributed by atoms with Crippen LogP contribution in [0, 0.1) is 0 Å². The number of β-amino-alcohol motifs (C(OH)–C–C–N with tert-alkyl or cyclic N) is 1. The smallest absolute Gasteiger partial charge is 0.326 e. The molecule has 1 heterocycles. The molecule has 0 spiro atoms. The van der Waals surface area contributed by atoms with Gasteiger partial charge in [-0.1, -0.05) is 0 Å². The van der Waals surface area contributed by atoms with E-state index in [1.165, 1.54) is 4.90 Å². The Balaban J connectivity index is 2.57. The van der Waals surface area contributed by atoms with Crippen molar-refractivity contribution in [1.82, 2.24) is 10.2 Å². The van der Waals surface area contributed by atoms with Crippen molar-refractivity contribution in [3.63, 3.8) is 0 Å². The topological polar surface area (TPSA) is 127 Å². The monoisotopic (exact) mass is 288 g/mol. The van der Waals surface area contributed by atoms with Crippen molar-refractivity contribution < 1.29 is 29.7 Å². The summed E-state index contributed by atoms with van der Waals surface area (Å²) < 4.78 is 0. The van der Waals surface area contributed by atoms with Crippen LogP contribution in [0.25, 0.3) is 0 Å². The number of rotatable bonds is 5. The number of hydrogen-bond acceptors (Lipinski definition) is 4. The van der Waals surface area contributed by atoms with Crippen LogP contribution in [0.5, 0.6) is 0 Å². The second kappa shape index (κ2) is 6.56. The van der Waals surface area contributed by atoms with Crippen LogP contribution in [0.2, 0.25) is 0 Å². The SMILES string of the molecule is CC1(O)CCCN(C(=O)NC(CCC(=O)O)C(=O)O)C1. The number of nitrogens with one attached hydrogen (secondary N) is 1. The van der Waals surface area contributed by atoms with Crippen LogP contribution < -0.4 is 5.32 Å². The van der Waals surface area contributed by atoms with Gasteiger partial charge >= 0.3 is 18.0 Å². The lowest BCUT2D eigenvalue weighted by molar-refractivity contribution is -0.140. The highest BCUT2D eigenvalue weighted by atomic mass is 16.4. The van der Waals surface area contributed by atoms with Crippen molar-refractivity contribution in [3.8, 4) is 0 Å². The molecule has 1 aliphatic heterocycles. The largest absolute Gasteiger partial charge is 0.481 e. The molecule has 2 unspecified atom stereocenters. The molecule has 8 nitrogen and oxygen atoms in total. The zero-order chi connectivity index (χ0) is 15.3. The number of piperidine rings is 1. The quantitative estimate of drug-likeness (QED) is 0.557. The van der Waals surface area contributed by atoms with Crippen LogP contribution >= 0.6 is 0 Å². The molecule has 8 heteroatoms. The lowest BCUT2D eigenvalue weighted by Crippen LogP contribution is -2.54. The van der Waals surface area contributed by atoms with Gasteiger partial charge in [0.05, 0.1) is 12.1 Å². The fraction of sp³-hybridized carbons (Fsp3) is 0.750. The van der Waals surface area contributed by atoms with E-state index in [0.29, 0.717) is 19.4 Å². The molecular formula is C12H20N2O6. The molecule has 114 valence electrons. The Morgan fingerprint density at radius 1 is 1.35 bits per heavy atom. The number of carbonyl (C=O) groups excluding carboxylic acids is 1. The maximum absolute atomic E-state index is 11.9. The van der Waals surface area contributed by atoms with E-state index in [1.54, 1.807) is 6.92 Å². The maximum Gasteiger partial charge on any atom is 0.326 e. The van der Waals surface area contributed by atoms with Crippen molar-refractivity contribution in [2.75, 3.05) is 13.1 Å². The minimum atomic E-state index is -1.27. The van der Waals surface area contributed by atoms with Gasteiger partial charge in [0.1, 0.15) is 6.04 Å². The average molecular weight is 288 g/mol. The number of aliphatic carboxylic acids is 2. The van der Waals surface area contributed by atoms with Gasteiger partial charge in [-0.25, -0.2) is 9.59 Å². The van der Waals surface area contributed by atoms with E-state index in [9.17, 15) is 19.5 Å². The molecule has 1 fully saturated rings. The first kappa shape index (κ1) is 16.2. The Labute approximate surface area is 116 Å². The number of carbonyl (C=O) groups is 3. The molecule has 0 aromatic heterocycles. The fourth-order valence-electron chi connectivity index (χ4n) is 2.16. The summed E-state index contributed by atoms with van der Waals surface area (Å²) >= 11 is 0. The van der Waals surface area contributed by atoms with Gasteiger partial charge in [0.15, 0.2) is 0 Å². The summed E-state index contributed by atoms with van der Waals surface area (Å²) in [5.74, 6) is -2.39. The third kappa shape index (κ3) is 5.04. The minimum Gasteiger partial charge on any atom is -0.481 e. The Kier molecular flexibility index (Phi) is 5.32. The number of carboxylic acids is 2. The van der Waals surface area contributed by atoms with Crippen LogP contribution in [-0.4, -0.2) is 62.9 Å².